The van der Waals surface area contributed by atoms with Crippen LogP contribution >= 0.6 is 11.8 Å². The number of nitrogen functional groups attached to an aromatic ring is 1. The van der Waals surface area contributed by atoms with Crippen LogP contribution in [0.25, 0.3) is 0 Å². The molecular weight excluding hydrogens is 304 g/mol. The van der Waals surface area contributed by atoms with E-state index in [2.05, 4.69) is 11.6 Å². The first-order valence-electron chi connectivity index (χ1n) is 7.43. The number of nitrogens with one attached hydrogen (secondary N) is 1. The minimum Gasteiger partial charge on any atom is -0.398 e. The zero-order chi connectivity index (χ0) is 15.3. The van der Waals surface area contributed by atoms with Gasteiger partial charge in [0.15, 0.2) is 0 Å². The number of nitrogens with two attached hydrogens (primary N) is 1. The van der Waals surface area contributed by atoms with Gasteiger partial charge in [-0.05, 0) is 43.7 Å². The number of anilines is 1. The second-order valence-electron chi connectivity index (χ2n) is 5.78. The van der Waals surface area contributed by atoms with Crippen molar-refractivity contribution in [2.45, 2.75) is 43.5 Å². The Morgan fingerprint density at radius 3 is 2.57 bits per heavy atom. The molecule has 4 nitrogen and oxygen atoms in total. The summed E-state index contributed by atoms with van der Waals surface area (Å²) in [4.78, 5) is 0.944. The van der Waals surface area contributed by atoms with Crippen molar-refractivity contribution < 1.29 is 8.42 Å². The summed E-state index contributed by atoms with van der Waals surface area (Å²) in [6.45, 7) is 2.23. The monoisotopic (exact) mass is 328 g/mol. The lowest BCUT2D eigenvalue weighted by Crippen LogP contribution is -2.39. The largest absolute Gasteiger partial charge is 0.398 e. The summed E-state index contributed by atoms with van der Waals surface area (Å²) in [6.07, 6.45) is 4.14. The van der Waals surface area contributed by atoms with Crippen LogP contribution < -0.4 is 10.5 Å². The normalized spacial score (nSPS) is 23.1. The van der Waals surface area contributed by atoms with E-state index in [-0.39, 0.29) is 11.8 Å². The third kappa shape index (κ3) is 5.52. The van der Waals surface area contributed by atoms with E-state index >= 15 is 0 Å². The zero-order valence-electron chi connectivity index (χ0n) is 12.4. The van der Waals surface area contributed by atoms with Gasteiger partial charge in [-0.25, -0.2) is 13.1 Å². The van der Waals surface area contributed by atoms with Crippen LogP contribution in [-0.4, -0.2) is 26.0 Å². The Hall–Kier alpha value is -0.720. The average Bonchev–Trinajstić information content (AvgIpc) is 2.43. The van der Waals surface area contributed by atoms with E-state index in [0.29, 0.717) is 11.4 Å². The van der Waals surface area contributed by atoms with Crippen molar-refractivity contribution in [3.8, 4) is 0 Å². The Bertz CT molecular complexity index is 553. The average molecular weight is 329 g/mol. The van der Waals surface area contributed by atoms with E-state index < -0.39 is 10.0 Å². The second-order valence-corrected chi connectivity index (χ2v) is 8.79. The standard InChI is InChI=1S/C15H24N2O2S2/c1-12-6-8-13(9-7-12)17-21(18,19)11-10-20-15-5-3-2-4-14(15)16/h2-5,12-13,17H,6-11,16H2,1H3. The molecule has 1 aromatic rings. The summed E-state index contributed by atoms with van der Waals surface area (Å²) in [7, 11) is -3.19. The van der Waals surface area contributed by atoms with Crippen molar-refractivity contribution in [1.82, 2.24) is 4.72 Å². The van der Waals surface area contributed by atoms with Gasteiger partial charge < -0.3 is 5.73 Å². The Kier molecular flexibility index (Phi) is 5.96. The molecule has 0 unspecified atom stereocenters. The van der Waals surface area contributed by atoms with Gasteiger partial charge in [-0.1, -0.05) is 19.1 Å². The predicted octanol–water partition coefficient (Wildman–Crippen LogP) is 2.86. The van der Waals surface area contributed by atoms with Crippen molar-refractivity contribution in [1.29, 1.82) is 0 Å². The van der Waals surface area contributed by atoms with E-state index in [4.69, 9.17) is 5.73 Å². The zero-order valence-corrected chi connectivity index (χ0v) is 14.1. The summed E-state index contributed by atoms with van der Waals surface area (Å²) in [5, 5.41) is 0. The molecule has 0 spiro atoms. The molecule has 0 amide bonds. The van der Waals surface area contributed by atoms with E-state index in [1.165, 1.54) is 11.8 Å². The van der Waals surface area contributed by atoms with E-state index in [9.17, 15) is 8.42 Å². The van der Waals surface area contributed by atoms with Gasteiger partial charge in [0.25, 0.3) is 0 Å². The molecular formula is C15H24N2O2S2. The van der Waals surface area contributed by atoms with Crippen LogP contribution in [0.4, 0.5) is 5.69 Å². The van der Waals surface area contributed by atoms with Gasteiger partial charge in [0, 0.05) is 22.4 Å². The Labute approximate surface area is 131 Å². The first kappa shape index (κ1) is 16.6. The third-order valence-electron chi connectivity index (χ3n) is 3.89. The van der Waals surface area contributed by atoms with Gasteiger partial charge in [-0.15, -0.1) is 11.8 Å². The molecule has 1 fully saturated rings. The van der Waals surface area contributed by atoms with E-state index in [1.807, 2.05) is 24.3 Å². The number of thioether (sulfide) groups is 1. The summed E-state index contributed by atoms with van der Waals surface area (Å²) >= 11 is 1.49. The van der Waals surface area contributed by atoms with Crippen molar-refractivity contribution in [3.63, 3.8) is 0 Å². The Morgan fingerprint density at radius 1 is 1.24 bits per heavy atom. The fourth-order valence-electron chi connectivity index (χ4n) is 2.56. The number of rotatable bonds is 6. The Balaban J connectivity index is 1.78. The molecule has 118 valence electrons. The molecule has 0 heterocycles. The summed E-state index contributed by atoms with van der Waals surface area (Å²) in [5.41, 5.74) is 6.55. The van der Waals surface area contributed by atoms with E-state index in [1.54, 1.807) is 0 Å². The van der Waals surface area contributed by atoms with Crippen molar-refractivity contribution in [2.75, 3.05) is 17.2 Å². The first-order chi connectivity index (χ1) is 9.96. The summed E-state index contributed by atoms with van der Waals surface area (Å²) in [6, 6.07) is 7.66. The molecule has 0 atom stereocenters. The number of sulfonamides is 1. The highest BCUT2D eigenvalue weighted by Gasteiger charge is 2.22. The number of benzene rings is 1. The molecule has 0 saturated heterocycles. The first-order valence-corrected chi connectivity index (χ1v) is 10.1. The van der Waals surface area contributed by atoms with Gasteiger partial charge in [-0.2, -0.15) is 0 Å². The molecule has 1 aliphatic rings. The molecule has 3 N–H and O–H groups in total. The molecule has 1 aromatic carbocycles. The van der Waals surface area contributed by atoms with Gasteiger partial charge in [0.2, 0.25) is 10.0 Å². The van der Waals surface area contributed by atoms with Crippen LogP contribution in [-0.2, 0) is 10.0 Å². The second kappa shape index (κ2) is 7.51. The third-order valence-corrected chi connectivity index (χ3v) is 6.67. The van der Waals surface area contributed by atoms with Crippen LogP contribution in [0.3, 0.4) is 0 Å². The van der Waals surface area contributed by atoms with Gasteiger partial charge in [0.05, 0.1) is 5.75 Å². The molecule has 21 heavy (non-hydrogen) atoms. The smallest absolute Gasteiger partial charge is 0.212 e. The lowest BCUT2D eigenvalue weighted by molar-refractivity contribution is 0.332. The number of hydrogen-bond donors (Lipinski definition) is 2. The van der Waals surface area contributed by atoms with Crippen LogP contribution in [0.1, 0.15) is 32.6 Å². The molecule has 1 saturated carbocycles. The van der Waals surface area contributed by atoms with Crippen LogP contribution in [0.15, 0.2) is 29.2 Å². The summed E-state index contributed by atoms with van der Waals surface area (Å²) in [5.74, 6) is 1.38. The van der Waals surface area contributed by atoms with Gasteiger partial charge in [-0.3, -0.25) is 0 Å². The summed E-state index contributed by atoms with van der Waals surface area (Å²) < 4.78 is 27.0. The molecule has 0 aliphatic heterocycles. The minimum absolute atomic E-state index is 0.123. The minimum atomic E-state index is -3.19. The molecule has 1 aliphatic carbocycles. The SMILES string of the molecule is CC1CCC(NS(=O)(=O)CCSc2ccccc2N)CC1. The van der Waals surface area contributed by atoms with Crippen molar-refractivity contribution in [3.05, 3.63) is 24.3 Å². The van der Waals surface area contributed by atoms with Gasteiger partial charge in [0.1, 0.15) is 0 Å². The van der Waals surface area contributed by atoms with Crippen LogP contribution in [0.2, 0.25) is 0 Å². The van der Waals surface area contributed by atoms with Crippen LogP contribution in [0, 0.1) is 5.92 Å². The lowest BCUT2D eigenvalue weighted by atomic mass is 9.88. The van der Waals surface area contributed by atoms with Crippen molar-refractivity contribution >= 4 is 27.5 Å². The quantitative estimate of drug-likeness (QED) is 0.622. The highest BCUT2D eigenvalue weighted by Crippen LogP contribution is 2.25. The van der Waals surface area contributed by atoms with Crippen molar-refractivity contribution in [2.24, 2.45) is 5.92 Å². The van der Waals surface area contributed by atoms with Gasteiger partial charge >= 0.3 is 0 Å². The molecule has 2 rings (SSSR count). The maximum absolute atomic E-state index is 12.1. The number of hydrogen-bond acceptors (Lipinski definition) is 4. The van der Waals surface area contributed by atoms with Crippen LogP contribution in [0.5, 0.6) is 0 Å². The fourth-order valence-corrected chi connectivity index (χ4v) is 5.27. The molecule has 0 radical (unpaired) electrons. The molecule has 0 bridgehead atoms. The molecule has 0 aromatic heterocycles. The predicted molar refractivity (Wildman–Crippen MR) is 89.9 cm³/mol. The fraction of sp³-hybridized carbons (Fsp3) is 0.600. The highest BCUT2D eigenvalue weighted by atomic mass is 32.2. The number of para-hydroxylation sites is 1. The lowest BCUT2D eigenvalue weighted by Gasteiger charge is -2.26. The Morgan fingerprint density at radius 2 is 1.90 bits per heavy atom. The molecule has 6 heteroatoms. The maximum Gasteiger partial charge on any atom is 0.212 e. The topological polar surface area (TPSA) is 72.2 Å². The van der Waals surface area contributed by atoms with E-state index in [0.717, 1.165) is 36.5 Å². The maximum atomic E-state index is 12.1. The highest BCUT2D eigenvalue weighted by molar-refractivity contribution is 8.00.